The highest BCUT2D eigenvalue weighted by atomic mass is 32.1. The average Bonchev–Trinajstić information content (AvgIpc) is 2.87. The first-order chi connectivity index (χ1) is 11.5. The smallest absolute Gasteiger partial charge is 0.326 e. The fourth-order valence-corrected chi connectivity index (χ4v) is 4.41. The fraction of sp³-hybridized carbons (Fsp3) is 0.611. The number of ether oxygens (including phenoxy) is 1. The predicted molar refractivity (Wildman–Crippen MR) is 95.5 cm³/mol. The Labute approximate surface area is 145 Å². The number of hydrogen-bond acceptors (Lipinski definition) is 5. The molecule has 0 N–H and O–H groups in total. The Bertz CT molecular complexity index is 806. The molecule has 5 nitrogen and oxygen atoms in total. The summed E-state index contributed by atoms with van der Waals surface area (Å²) in [7, 11) is 0. The molecule has 0 amide bonds. The van der Waals surface area contributed by atoms with E-state index in [-0.39, 0.29) is 18.1 Å². The van der Waals surface area contributed by atoms with E-state index >= 15 is 0 Å². The minimum absolute atomic E-state index is 0.0686. The Balaban J connectivity index is 1.81. The van der Waals surface area contributed by atoms with Crippen molar-refractivity contribution < 1.29 is 9.53 Å². The third kappa shape index (κ3) is 3.53. The van der Waals surface area contributed by atoms with E-state index in [1.165, 1.54) is 15.8 Å². The number of aryl methyl sites for hydroxylation is 1. The zero-order valence-corrected chi connectivity index (χ0v) is 15.3. The van der Waals surface area contributed by atoms with E-state index < -0.39 is 0 Å². The van der Waals surface area contributed by atoms with Crippen molar-refractivity contribution in [2.24, 2.45) is 11.8 Å². The molecule has 130 valence electrons. The second-order valence-electron chi connectivity index (χ2n) is 7.11. The molecule has 24 heavy (non-hydrogen) atoms. The van der Waals surface area contributed by atoms with E-state index in [0.29, 0.717) is 23.8 Å². The molecule has 0 saturated heterocycles. The van der Waals surface area contributed by atoms with Gasteiger partial charge >= 0.3 is 5.97 Å². The number of hydrogen-bond donors (Lipinski definition) is 0. The van der Waals surface area contributed by atoms with Gasteiger partial charge in [0.05, 0.1) is 18.3 Å². The molecule has 6 heteroatoms. The molecule has 0 aliphatic heterocycles. The van der Waals surface area contributed by atoms with Crippen molar-refractivity contribution in [1.29, 1.82) is 0 Å². The van der Waals surface area contributed by atoms with Gasteiger partial charge in [0.1, 0.15) is 11.4 Å². The molecule has 1 aliphatic rings. The van der Waals surface area contributed by atoms with Crippen LogP contribution in [0.5, 0.6) is 0 Å². The lowest BCUT2D eigenvalue weighted by Gasteiger charge is -2.17. The molecule has 0 bridgehead atoms. The van der Waals surface area contributed by atoms with E-state index in [1.807, 2.05) is 0 Å². The molecule has 0 unspecified atom stereocenters. The van der Waals surface area contributed by atoms with Gasteiger partial charge in [-0.15, -0.1) is 11.3 Å². The Morgan fingerprint density at radius 1 is 1.50 bits per heavy atom. The molecule has 0 radical (unpaired) electrons. The first-order valence-corrected chi connectivity index (χ1v) is 9.42. The lowest BCUT2D eigenvalue weighted by molar-refractivity contribution is -0.144. The zero-order chi connectivity index (χ0) is 17.3. The summed E-state index contributed by atoms with van der Waals surface area (Å²) in [6.07, 6.45) is 5.35. The standard InChI is InChI=1S/C18H24N2O3S/c1-11(2)6-7-23-15(21)9-20-10-19-17-16(18(20)22)13-5-4-12(3)8-14(13)24-17/h10-12H,4-9H2,1-3H3/t12-/m0/s1. The second-order valence-corrected chi connectivity index (χ2v) is 8.20. The summed E-state index contributed by atoms with van der Waals surface area (Å²) in [6.45, 7) is 6.73. The maximum Gasteiger partial charge on any atom is 0.326 e. The molecule has 0 fully saturated rings. The Morgan fingerprint density at radius 3 is 3.04 bits per heavy atom. The van der Waals surface area contributed by atoms with Gasteiger partial charge in [-0.05, 0) is 43.1 Å². The monoisotopic (exact) mass is 348 g/mol. The maximum atomic E-state index is 12.8. The second kappa shape index (κ2) is 7.05. The molecular weight excluding hydrogens is 324 g/mol. The highest BCUT2D eigenvalue weighted by Crippen LogP contribution is 2.35. The largest absolute Gasteiger partial charge is 0.464 e. The summed E-state index contributed by atoms with van der Waals surface area (Å²) in [6, 6.07) is 0. The van der Waals surface area contributed by atoms with Crippen molar-refractivity contribution in [2.45, 2.75) is 53.0 Å². The van der Waals surface area contributed by atoms with Gasteiger partial charge in [0, 0.05) is 4.88 Å². The van der Waals surface area contributed by atoms with Crippen molar-refractivity contribution in [2.75, 3.05) is 6.61 Å². The molecule has 3 rings (SSSR count). The highest BCUT2D eigenvalue weighted by Gasteiger charge is 2.23. The van der Waals surface area contributed by atoms with Crippen LogP contribution in [0.3, 0.4) is 0 Å². The van der Waals surface area contributed by atoms with Crippen molar-refractivity contribution in [3.63, 3.8) is 0 Å². The number of carbonyl (C=O) groups is 1. The topological polar surface area (TPSA) is 61.2 Å². The fourth-order valence-electron chi connectivity index (χ4n) is 3.07. The molecule has 2 heterocycles. The zero-order valence-electron chi connectivity index (χ0n) is 14.5. The van der Waals surface area contributed by atoms with Crippen LogP contribution in [0.4, 0.5) is 0 Å². The lowest BCUT2D eigenvalue weighted by atomic mass is 9.89. The molecule has 2 aromatic rings. The van der Waals surface area contributed by atoms with Crippen LogP contribution in [0.2, 0.25) is 0 Å². The Kier molecular flexibility index (Phi) is 5.04. The summed E-state index contributed by atoms with van der Waals surface area (Å²) >= 11 is 1.62. The van der Waals surface area contributed by atoms with Gasteiger partial charge in [-0.25, -0.2) is 4.98 Å². The molecular formula is C18H24N2O3S. The molecule has 1 aliphatic carbocycles. The van der Waals surface area contributed by atoms with Crippen LogP contribution < -0.4 is 5.56 Å². The van der Waals surface area contributed by atoms with Crippen LogP contribution >= 0.6 is 11.3 Å². The normalized spacial score (nSPS) is 17.2. The number of fused-ring (bicyclic) bond motifs is 3. The van der Waals surface area contributed by atoms with Crippen LogP contribution in [-0.2, 0) is 28.9 Å². The van der Waals surface area contributed by atoms with E-state index in [9.17, 15) is 9.59 Å². The summed E-state index contributed by atoms with van der Waals surface area (Å²) in [5, 5.41) is 0.708. The number of thiophene rings is 1. The molecule has 0 spiro atoms. The van der Waals surface area contributed by atoms with E-state index in [0.717, 1.165) is 36.1 Å². The first-order valence-electron chi connectivity index (χ1n) is 8.61. The third-order valence-corrected chi connectivity index (χ3v) is 5.70. The van der Waals surface area contributed by atoms with Crippen molar-refractivity contribution >= 4 is 27.5 Å². The van der Waals surface area contributed by atoms with E-state index in [2.05, 4.69) is 25.8 Å². The van der Waals surface area contributed by atoms with Gasteiger partial charge in [-0.1, -0.05) is 20.8 Å². The maximum absolute atomic E-state index is 12.8. The molecule has 0 saturated carbocycles. The summed E-state index contributed by atoms with van der Waals surface area (Å²) in [5.41, 5.74) is 1.03. The number of nitrogens with zero attached hydrogens (tertiary/aromatic N) is 2. The third-order valence-electron chi connectivity index (χ3n) is 4.54. The first kappa shape index (κ1) is 17.1. The minimum atomic E-state index is -0.378. The number of rotatable bonds is 5. The van der Waals surface area contributed by atoms with Gasteiger partial charge in [-0.3, -0.25) is 14.2 Å². The van der Waals surface area contributed by atoms with Crippen LogP contribution in [0, 0.1) is 11.8 Å². The number of aromatic nitrogens is 2. The van der Waals surface area contributed by atoms with Crippen LogP contribution in [0.25, 0.3) is 10.2 Å². The predicted octanol–water partition coefficient (Wildman–Crippen LogP) is 3.17. The summed E-state index contributed by atoms with van der Waals surface area (Å²) in [4.78, 5) is 31.2. The Morgan fingerprint density at radius 2 is 2.29 bits per heavy atom. The SMILES string of the molecule is CC(C)CCOC(=O)Cn1cnc2sc3c(c2c1=O)CC[C@H](C)C3. The van der Waals surface area contributed by atoms with Crippen LogP contribution in [0.1, 0.15) is 44.1 Å². The highest BCUT2D eigenvalue weighted by molar-refractivity contribution is 7.18. The van der Waals surface area contributed by atoms with Crippen LogP contribution in [0.15, 0.2) is 11.1 Å². The minimum Gasteiger partial charge on any atom is -0.464 e. The quantitative estimate of drug-likeness (QED) is 0.779. The lowest BCUT2D eigenvalue weighted by Crippen LogP contribution is -2.26. The van der Waals surface area contributed by atoms with E-state index in [4.69, 9.17) is 4.74 Å². The molecule has 2 aromatic heterocycles. The van der Waals surface area contributed by atoms with Gasteiger partial charge in [-0.2, -0.15) is 0 Å². The van der Waals surface area contributed by atoms with E-state index in [1.54, 1.807) is 11.3 Å². The van der Waals surface area contributed by atoms with Gasteiger partial charge in [0.25, 0.3) is 5.56 Å². The summed E-state index contributed by atoms with van der Waals surface area (Å²) < 4.78 is 6.59. The number of esters is 1. The molecule has 1 atom stereocenters. The van der Waals surface area contributed by atoms with Crippen molar-refractivity contribution in [3.05, 3.63) is 27.1 Å². The van der Waals surface area contributed by atoms with Crippen molar-refractivity contribution in [3.8, 4) is 0 Å². The van der Waals surface area contributed by atoms with Gasteiger partial charge < -0.3 is 4.74 Å². The number of carbonyl (C=O) groups excluding carboxylic acids is 1. The van der Waals surface area contributed by atoms with Crippen LogP contribution in [-0.4, -0.2) is 22.1 Å². The average molecular weight is 348 g/mol. The van der Waals surface area contributed by atoms with Gasteiger partial charge in [0.15, 0.2) is 0 Å². The van der Waals surface area contributed by atoms with Crippen molar-refractivity contribution in [1.82, 2.24) is 9.55 Å². The van der Waals surface area contributed by atoms with Gasteiger partial charge in [0.2, 0.25) is 0 Å². The summed E-state index contributed by atoms with van der Waals surface area (Å²) in [5.74, 6) is 0.763. The Hall–Kier alpha value is -1.69. The molecule has 0 aromatic carbocycles.